The van der Waals surface area contributed by atoms with Crippen LogP contribution in [0, 0.1) is 0 Å². The molecule has 0 aliphatic rings. The third-order valence-corrected chi connectivity index (χ3v) is 10.7. The maximum atomic E-state index is 12.7. The van der Waals surface area contributed by atoms with E-state index in [-0.39, 0.29) is 25.8 Å². The van der Waals surface area contributed by atoms with Gasteiger partial charge in [0.2, 0.25) is 0 Å². The molecule has 0 fully saturated rings. The first kappa shape index (κ1) is 50.5. The molecule has 2 atom stereocenters. The standard InChI is InChI=1S/C42H86NO7P/c1-6-8-10-12-14-16-18-20-21-22-23-24-25-27-29-31-33-35-42(44)50-41(40-49-51(45,46)48-38-36-43(3,4)5)39-47-37-34-32-30-28-26-19-17-15-13-11-9-7-2/h41H,6-40H2,1-5H3/p+1/t41-/m1/s1. The van der Waals surface area contributed by atoms with Crippen LogP contribution in [0.15, 0.2) is 0 Å². The highest BCUT2D eigenvalue weighted by Crippen LogP contribution is 2.43. The van der Waals surface area contributed by atoms with Gasteiger partial charge >= 0.3 is 13.8 Å². The van der Waals surface area contributed by atoms with Gasteiger partial charge in [0.15, 0.2) is 0 Å². The summed E-state index contributed by atoms with van der Waals surface area (Å²) in [5.74, 6) is -0.308. The van der Waals surface area contributed by atoms with E-state index in [2.05, 4.69) is 13.8 Å². The Morgan fingerprint density at radius 2 is 0.902 bits per heavy atom. The third-order valence-electron chi connectivity index (χ3n) is 9.67. The normalized spacial score (nSPS) is 13.8. The maximum Gasteiger partial charge on any atom is 0.472 e. The number of likely N-dealkylation sites (N-methyl/N-ethyl adjacent to an activating group) is 1. The Kier molecular flexibility index (Phi) is 36.1. The molecule has 1 N–H and O–H groups in total. The van der Waals surface area contributed by atoms with Crippen molar-refractivity contribution in [2.24, 2.45) is 0 Å². The summed E-state index contributed by atoms with van der Waals surface area (Å²) in [6.45, 7) is 5.67. The second-order valence-corrected chi connectivity index (χ2v) is 17.5. The fourth-order valence-electron chi connectivity index (χ4n) is 6.26. The van der Waals surface area contributed by atoms with E-state index >= 15 is 0 Å². The number of unbranched alkanes of at least 4 members (excludes halogenated alkanes) is 27. The molecule has 51 heavy (non-hydrogen) atoms. The zero-order valence-corrected chi connectivity index (χ0v) is 35.5. The van der Waals surface area contributed by atoms with Crippen molar-refractivity contribution in [1.82, 2.24) is 0 Å². The van der Waals surface area contributed by atoms with Crippen molar-refractivity contribution >= 4 is 13.8 Å². The van der Waals surface area contributed by atoms with Gasteiger partial charge in [0.05, 0.1) is 34.4 Å². The second-order valence-electron chi connectivity index (χ2n) is 16.1. The van der Waals surface area contributed by atoms with Gasteiger partial charge in [0.25, 0.3) is 0 Å². The number of hydrogen-bond acceptors (Lipinski definition) is 6. The van der Waals surface area contributed by atoms with Gasteiger partial charge < -0.3 is 18.9 Å². The Bertz CT molecular complexity index is 792. The van der Waals surface area contributed by atoms with Crippen molar-refractivity contribution in [3.63, 3.8) is 0 Å². The van der Waals surface area contributed by atoms with E-state index in [1.807, 2.05) is 21.1 Å². The average molecular weight is 749 g/mol. The molecule has 0 saturated carbocycles. The maximum absolute atomic E-state index is 12.7. The van der Waals surface area contributed by atoms with Crippen LogP contribution in [0.3, 0.4) is 0 Å². The van der Waals surface area contributed by atoms with Gasteiger partial charge in [-0.2, -0.15) is 0 Å². The first-order valence-electron chi connectivity index (χ1n) is 21.8. The number of nitrogens with zero attached hydrogens (tertiary/aromatic N) is 1. The molecule has 0 saturated heterocycles. The smallest absolute Gasteiger partial charge is 0.457 e. The number of esters is 1. The van der Waals surface area contributed by atoms with Crippen LogP contribution in [-0.4, -0.2) is 75.6 Å². The summed E-state index contributed by atoms with van der Waals surface area (Å²) in [6, 6.07) is 0. The molecule has 0 aromatic heterocycles. The topological polar surface area (TPSA) is 91.3 Å². The quantitative estimate of drug-likeness (QED) is 0.0288. The SMILES string of the molecule is CCCCCCCCCCCCCCCCCCCC(=O)O[C@H](COCCCCCCCCCCCCCC)COP(=O)(O)OCC[N+](C)(C)C. The fourth-order valence-corrected chi connectivity index (χ4v) is 7.00. The van der Waals surface area contributed by atoms with Crippen molar-refractivity contribution in [3.8, 4) is 0 Å². The molecule has 8 nitrogen and oxygen atoms in total. The minimum Gasteiger partial charge on any atom is -0.457 e. The summed E-state index contributed by atoms with van der Waals surface area (Å²) in [7, 11) is 1.68. The molecule has 0 spiro atoms. The van der Waals surface area contributed by atoms with Gasteiger partial charge in [-0.15, -0.1) is 0 Å². The molecule has 0 aliphatic heterocycles. The fraction of sp³-hybridized carbons (Fsp3) is 0.976. The molecule has 0 radical (unpaired) electrons. The summed E-state index contributed by atoms with van der Waals surface area (Å²) >= 11 is 0. The molecule has 0 bridgehead atoms. The van der Waals surface area contributed by atoms with Gasteiger partial charge in [0, 0.05) is 13.0 Å². The minimum atomic E-state index is -4.26. The van der Waals surface area contributed by atoms with Gasteiger partial charge in [-0.3, -0.25) is 13.8 Å². The Balaban J connectivity index is 4.17. The van der Waals surface area contributed by atoms with Crippen LogP contribution in [-0.2, 0) is 27.9 Å². The molecule has 0 amide bonds. The Morgan fingerprint density at radius 3 is 1.29 bits per heavy atom. The Labute approximate surface area is 317 Å². The lowest BCUT2D eigenvalue weighted by atomic mass is 10.0. The number of ether oxygens (including phenoxy) is 2. The molecule has 306 valence electrons. The van der Waals surface area contributed by atoms with Crippen molar-refractivity contribution in [3.05, 3.63) is 0 Å². The summed E-state index contributed by atoms with van der Waals surface area (Å²) in [4.78, 5) is 22.8. The predicted molar refractivity (Wildman–Crippen MR) is 215 cm³/mol. The summed E-state index contributed by atoms with van der Waals surface area (Å²) in [5, 5.41) is 0. The minimum absolute atomic E-state index is 0.0937. The highest BCUT2D eigenvalue weighted by atomic mass is 31.2. The van der Waals surface area contributed by atoms with Crippen LogP contribution in [0.4, 0.5) is 0 Å². The van der Waals surface area contributed by atoms with Crippen molar-refractivity contribution in [2.45, 2.75) is 213 Å². The molecular formula is C42H87NO7P+. The lowest BCUT2D eigenvalue weighted by molar-refractivity contribution is -0.870. The largest absolute Gasteiger partial charge is 0.472 e. The first-order valence-corrected chi connectivity index (χ1v) is 23.3. The molecular weight excluding hydrogens is 661 g/mol. The third kappa shape index (κ3) is 40.5. The van der Waals surface area contributed by atoms with Gasteiger partial charge in [-0.25, -0.2) is 4.57 Å². The van der Waals surface area contributed by atoms with Crippen LogP contribution in [0.25, 0.3) is 0 Å². The van der Waals surface area contributed by atoms with Crippen molar-refractivity contribution in [2.75, 3.05) is 54.1 Å². The molecule has 0 aromatic carbocycles. The summed E-state index contributed by atoms with van der Waals surface area (Å²) in [5.41, 5.74) is 0. The number of carbonyl (C=O) groups excluding carboxylic acids is 1. The predicted octanol–water partition coefficient (Wildman–Crippen LogP) is 12.5. The van der Waals surface area contributed by atoms with E-state index in [1.54, 1.807) is 0 Å². The van der Waals surface area contributed by atoms with E-state index in [1.165, 1.54) is 154 Å². The molecule has 0 aromatic rings. The van der Waals surface area contributed by atoms with Gasteiger partial charge in [0.1, 0.15) is 19.3 Å². The van der Waals surface area contributed by atoms with Crippen LogP contribution in [0.5, 0.6) is 0 Å². The Hall–Kier alpha value is -0.500. The first-order chi connectivity index (χ1) is 24.6. The zero-order valence-electron chi connectivity index (χ0n) is 34.6. The average Bonchev–Trinajstić information content (AvgIpc) is 3.08. The number of phosphoric acid groups is 1. The molecule has 9 heteroatoms. The molecule has 1 unspecified atom stereocenters. The monoisotopic (exact) mass is 749 g/mol. The number of carbonyl (C=O) groups is 1. The van der Waals surface area contributed by atoms with Crippen LogP contribution < -0.4 is 0 Å². The summed E-state index contributed by atoms with van der Waals surface area (Å²) in [6.07, 6.45) is 36.9. The number of hydrogen-bond donors (Lipinski definition) is 1. The van der Waals surface area contributed by atoms with E-state index in [4.69, 9.17) is 18.5 Å². The lowest BCUT2D eigenvalue weighted by Crippen LogP contribution is -2.37. The zero-order chi connectivity index (χ0) is 37.7. The van der Waals surface area contributed by atoms with Gasteiger partial charge in [-0.05, 0) is 12.8 Å². The van der Waals surface area contributed by atoms with Crippen molar-refractivity contribution in [1.29, 1.82) is 0 Å². The highest BCUT2D eigenvalue weighted by molar-refractivity contribution is 7.47. The molecule has 0 aliphatic carbocycles. The summed E-state index contributed by atoms with van der Waals surface area (Å²) < 4.78 is 35.0. The van der Waals surface area contributed by atoms with Gasteiger partial charge in [-0.1, -0.05) is 187 Å². The Morgan fingerprint density at radius 1 is 0.529 bits per heavy atom. The number of phosphoric ester groups is 1. The lowest BCUT2D eigenvalue weighted by Gasteiger charge is -2.24. The molecule has 0 heterocycles. The van der Waals surface area contributed by atoms with E-state index in [0.29, 0.717) is 24.1 Å². The molecule has 0 rings (SSSR count). The van der Waals surface area contributed by atoms with Crippen LogP contribution >= 0.6 is 7.82 Å². The number of rotatable bonds is 41. The second kappa shape index (κ2) is 36.5. The number of quaternary nitrogens is 1. The van der Waals surface area contributed by atoms with E-state index < -0.39 is 13.9 Å². The highest BCUT2D eigenvalue weighted by Gasteiger charge is 2.26. The van der Waals surface area contributed by atoms with E-state index in [0.717, 1.165) is 32.1 Å². The van der Waals surface area contributed by atoms with Crippen LogP contribution in [0.1, 0.15) is 206 Å². The van der Waals surface area contributed by atoms with Crippen molar-refractivity contribution < 1.29 is 37.3 Å². The van der Waals surface area contributed by atoms with Crippen LogP contribution in [0.2, 0.25) is 0 Å². The van der Waals surface area contributed by atoms with E-state index in [9.17, 15) is 14.3 Å².